The summed E-state index contributed by atoms with van der Waals surface area (Å²) in [5.74, 6) is -1.08. The Morgan fingerprint density at radius 3 is 2.37 bits per heavy atom. The molecular formula is C13H18FN3O2. The third-order valence-corrected chi connectivity index (χ3v) is 2.62. The van der Waals surface area contributed by atoms with Gasteiger partial charge in [-0.15, -0.1) is 0 Å². The van der Waals surface area contributed by atoms with Crippen LogP contribution in [0.1, 0.15) is 17.3 Å². The molecular weight excluding hydrogens is 249 g/mol. The summed E-state index contributed by atoms with van der Waals surface area (Å²) in [6.45, 7) is 2.65. The SMILES string of the molecule is CC(CN)C(=O)NCCNC(=O)c1ccc(F)cc1. The second kappa shape index (κ2) is 7.48. The topological polar surface area (TPSA) is 84.2 Å². The van der Waals surface area contributed by atoms with Gasteiger partial charge in [-0.2, -0.15) is 0 Å². The van der Waals surface area contributed by atoms with Gasteiger partial charge in [0.15, 0.2) is 0 Å². The molecule has 0 radical (unpaired) electrons. The number of halogens is 1. The van der Waals surface area contributed by atoms with Gasteiger partial charge in [0.05, 0.1) is 0 Å². The Hall–Kier alpha value is -1.95. The molecule has 0 fully saturated rings. The molecule has 0 aliphatic heterocycles. The largest absolute Gasteiger partial charge is 0.354 e. The van der Waals surface area contributed by atoms with E-state index < -0.39 is 0 Å². The van der Waals surface area contributed by atoms with E-state index in [0.717, 1.165) is 0 Å². The Morgan fingerprint density at radius 1 is 1.21 bits per heavy atom. The first kappa shape index (κ1) is 15.1. The summed E-state index contributed by atoms with van der Waals surface area (Å²) in [6, 6.07) is 5.25. The number of carbonyl (C=O) groups excluding carboxylic acids is 2. The molecule has 2 amide bonds. The zero-order valence-corrected chi connectivity index (χ0v) is 10.8. The van der Waals surface area contributed by atoms with Crippen LogP contribution in [0.15, 0.2) is 24.3 Å². The van der Waals surface area contributed by atoms with Crippen LogP contribution < -0.4 is 16.4 Å². The molecule has 0 aromatic heterocycles. The maximum absolute atomic E-state index is 12.7. The van der Waals surface area contributed by atoms with Crippen molar-refractivity contribution in [2.24, 2.45) is 11.7 Å². The first-order valence-electron chi connectivity index (χ1n) is 6.06. The van der Waals surface area contributed by atoms with Crippen molar-refractivity contribution in [1.29, 1.82) is 0 Å². The van der Waals surface area contributed by atoms with Gasteiger partial charge in [0.2, 0.25) is 5.91 Å². The van der Waals surface area contributed by atoms with Gasteiger partial charge in [0.25, 0.3) is 5.91 Å². The van der Waals surface area contributed by atoms with Gasteiger partial charge in [-0.25, -0.2) is 4.39 Å². The fraction of sp³-hybridized carbons (Fsp3) is 0.385. The van der Waals surface area contributed by atoms with Gasteiger partial charge in [-0.05, 0) is 24.3 Å². The van der Waals surface area contributed by atoms with Crippen LogP contribution in [-0.4, -0.2) is 31.4 Å². The average molecular weight is 267 g/mol. The molecule has 0 heterocycles. The van der Waals surface area contributed by atoms with Crippen molar-refractivity contribution in [2.75, 3.05) is 19.6 Å². The number of benzene rings is 1. The summed E-state index contributed by atoms with van der Waals surface area (Å²) in [5.41, 5.74) is 5.73. The van der Waals surface area contributed by atoms with Gasteiger partial charge in [0, 0.05) is 31.1 Å². The van der Waals surface area contributed by atoms with Crippen LogP contribution in [0.2, 0.25) is 0 Å². The summed E-state index contributed by atoms with van der Waals surface area (Å²) in [7, 11) is 0. The summed E-state index contributed by atoms with van der Waals surface area (Å²) in [5, 5.41) is 5.28. The standard InChI is InChI=1S/C13H18FN3O2/c1-9(8-15)12(18)16-6-7-17-13(19)10-2-4-11(14)5-3-10/h2-5,9H,6-8,15H2,1H3,(H,16,18)(H,17,19). The van der Waals surface area contributed by atoms with Crippen molar-refractivity contribution in [3.8, 4) is 0 Å². The van der Waals surface area contributed by atoms with Crippen molar-refractivity contribution in [3.63, 3.8) is 0 Å². The number of nitrogens with two attached hydrogens (primary N) is 1. The molecule has 0 spiro atoms. The zero-order valence-electron chi connectivity index (χ0n) is 10.8. The predicted molar refractivity (Wildman–Crippen MR) is 70.0 cm³/mol. The summed E-state index contributed by atoms with van der Waals surface area (Å²) < 4.78 is 12.7. The van der Waals surface area contributed by atoms with E-state index in [1.807, 2.05) is 0 Å². The van der Waals surface area contributed by atoms with Crippen molar-refractivity contribution in [1.82, 2.24) is 10.6 Å². The fourth-order valence-electron chi connectivity index (χ4n) is 1.35. The molecule has 104 valence electrons. The van der Waals surface area contributed by atoms with Crippen molar-refractivity contribution in [3.05, 3.63) is 35.6 Å². The molecule has 1 aromatic rings. The molecule has 0 saturated heterocycles. The normalized spacial score (nSPS) is 11.7. The lowest BCUT2D eigenvalue weighted by molar-refractivity contribution is -0.124. The van der Waals surface area contributed by atoms with E-state index in [9.17, 15) is 14.0 Å². The van der Waals surface area contributed by atoms with E-state index in [2.05, 4.69) is 10.6 Å². The lowest BCUT2D eigenvalue weighted by atomic mass is 10.2. The minimum atomic E-state index is -0.389. The Morgan fingerprint density at radius 2 is 1.79 bits per heavy atom. The molecule has 0 saturated carbocycles. The van der Waals surface area contributed by atoms with E-state index in [4.69, 9.17) is 5.73 Å². The van der Waals surface area contributed by atoms with E-state index >= 15 is 0 Å². The zero-order chi connectivity index (χ0) is 14.3. The minimum Gasteiger partial charge on any atom is -0.354 e. The molecule has 4 N–H and O–H groups in total. The van der Waals surface area contributed by atoms with Crippen LogP contribution in [0.3, 0.4) is 0 Å². The summed E-state index contributed by atoms with van der Waals surface area (Å²) in [4.78, 5) is 23.0. The van der Waals surface area contributed by atoms with Crippen LogP contribution in [0.5, 0.6) is 0 Å². The third kappa shape index (κ3) is 5.05. The van der Waals surface area contributed by atoms with Gasteiger partial charge < -0.3 is 16.4 Å². The number of carbonyl (C=O) groups is 2. The minimum absolute atomic E-state index is 0.140. The summed E-state index contributed by atoms with van der Waals surface area (Å²) >= 11 is 0. The second-order valence-corrected chi connectivity index (χ2v) is 4.19. The number of hydrogen-bond acceptors (Lipinski definition) is 3. The molecule has 6 heteroatoms. The fourth-order valence-corrected chi connectivity index (χ4v) is 1.35. The number of hydrogen-bond donors (Lipinski definition) is 3. The van der Waals surface area contributed by atoms with Gasteiger partial charge >= 0.3 is 0 Å². The average Bonchev–Trinajstić information content (AvgIpc) is 2.42. The molecule has 5 nitrogen and oxygen atoms in total. The number of amides is 2. The highest BCUT2D eigenvalue weighted by Gasteiger charge is 2.10. The molecule has 1 aromatic carbocycles. The number of rotatable bonds is 6. The predicted octanol–water partition coefficient (Wildman–Crippen LogP) is 0.267. The molecule has 1 rings (SSSR count). The Kier molecular flexibility index (Phi) is 5.95. The lowest BCUT2D eigenvalue weighted by Crippen LogP contribution is -2.38. The second-order valence-electron chi connectivity index (χ2n) is 4.19. The Labute approximate surface area is 111 Å². The maximum atomic E-state index is 12.7. The Balaban J connectivity index is 2.28. The lowest BCUT2D eigenvalue weighted by Gasteiger charge is -2.10. The summed E-state index contributed by atoms with van der Waals surface area (Å²) in [6.07, 6.45) is 0. The van der Waals surface area contributed by atoms with E-state index in [0.29, 0.717) is 18.7 Å². The first-order valence-corrected chi connectivity index (χ1v) is 6.06. The van der Waals surface area contributed by atoms with Crippen LogP contribution in [0.4, 0.5) is 4.39 Å². The monoisotopic (exact) mass is 267 g/mol. The van der Waals surface area contributed by atoms with E-state index in [1.54, 1.807) is 6.92 Å². The van der Waals surface area contributed by atoms with Crippen molar-refractivity contribution >= 4 is 11.8 Å². The van der Waals surface area contributed by atoms with Gasteiger partial charge in [-0.1, -0.05) is 6.92 Å². The maximum Gasteiger partial charge on any atom is 0.251 e. The molecule has 0 aliphatic carbocycles. The Bertz CT molecular complexity index is 434. The van der Waals surface area contributed by atoms with Gasteiger partial charge in [0.1, 0.15) is 5.82 Å². The van der Waals surface area contributed by atoms with Crippen LogP contribution in [0, 0.1) is 11.7 Å². The smallest absolute Gasteiger partial charge is 0.251 e. The quantitative estimate of drug-likeness (QED) is 0.647. The molecule has 1 atom stereocenters. The van der Waals surface area contributed by atoms with Crippen LogP contribution >= 0.6 is 0 Å². The van der Waals surface area contributed by atoms with Gasteiger partial charge in [-0.3, -0.25) is 9.59 Å². The molecule has 0 bridgehead atoms. The van der Waals surface area contributed by atoms with Crippen LogP contribution in [-0.2, 0) is 4.79 Å². The highest BCUT2D eigenvalue weighted by molar-refractivity contribution is 5.94. The molecule has 19 heavy (non-hydrogen) atoms. The van der Waals surface area contributed by atoms with Crippen molar-refractivity contribution < 1.29 is 14.0 Å². The molecule has 0 aliphatic rings. The van der Waals surface area contributed by atoms with E-state index in [-0.39, 0.29) is 30.1 Å². The number of nitrogens with one attached hydrogen (secondary N) is 2. The third-order valence-electron chi connectivity index (χ3n) is 2.62. The van der Waals surface area contributed by atoms with Crippen LogP contribution in [0.25, 0.3) is 0 Å². The molecule has 1 unspecified atom stereocenters. The van der Waals surface area contributed by atoms with Crippen molar-refractivity contribution in [2.45, 2.75) is 6.92 Å². The highest BCUT2D eigenvalue weighted by Crippen LogP contribution is 2.01. The van der Waals surface area contributed by atoms with E-state index in [1.165, 1.54) is 24.3 Å². The highest BCUT2D eigenvalue weighted by atomic mass is 19.1. The first-order chi connectivity index (χ1) is 9.04.